The Hall–Kier alpha value is -0.930. The Balaban J connectivity index is 2.59. The lowest BCUT2D eigenvalue weighted by molar-refractivity contribution is 0.191. The fourth-order valence-corrected chi connectivity index (χ4v) is 2.12. The van der Waals surface area contributed by atoms with Crippen LogP contribution >= 0.6 is 0 Å². The van der Waals surface area contributed by atoms with Gasteiger partial charge in [0.2, 0.25) is 0 Å². The van der Waals surface area contributed by atoms with E-state index in [1.165, 1.54) is 17.5 Å². The van der Waals surface area contributed by atoms with Crippen molar-refractivity contribution in [3.8, 4) is 0 Å². The molecular formula is C14H24N2O. The van der Waals surface area contributed by atoms with Crippen LogP contribution < -0.4 is 5.32 Å². The molecule has 3 heteroatoms. The molecule has 0 aliphatic rings. The Bertz CT molecular complexity index is 315. The molecule has 0 aromatic carbocycles. The quantitative estimate of drug-likeness (QED) is 0.705. The van der Waals surface area contributed by atoms with E-state index < -0.39 is 0 Å². The molecule has 0 amide bonds. The minimum atomic E-state index is 0.435. The highest BCUT2D eigenvalue weighted by molar-refractivity contribution is 5.26. The third-order valence-corrected chi connectivity index (χ3v) is 3.14. The van der Waals surface area contributed by atoms with Gasteiger partial charge in [-0.15, -0.1) is 0 Å². The number of hydrogen-bond donors (Lipinski definition) is 1. The molecular weight excluding hydrogens is 212 g/mol. The van der Waals surface area contributed by atoms with Gasteiger partial charge in [-0.3, -0.25) is 4.98 Å². The summed E-state index contributed by atoms with van der Waals surface area (Å²) in [5, 5.41) is 3.40. The number of aryl methyl sites for hydroxylation is 1. The molecule has 17 heavy (non-hydrogen) atoms. The first-order chi connectivity index (χ1) is 8.33. The average Bonchev–Trinajstić information content (AvgIpc) is 2.39. The summed E-state index contributed by atoms with van der Waals surface area (Å²) in [5.41, 5.74) is 2.74. The van der Waals surface area contributed by atoms with Gasteiger partial charge in [0, 0.05) is 32.2 Å². The van der Waals surface area contributed by atoms with Crippen LogP contribution in [0.25, 0.3) is 0 Å². The molecule has 0 radical (unpaired) electrons. The van der Waals surface area contributed by atoms with E-state index in [-0.39, 0.29) is 0 Å². The van der Waals surface area contributed by atoms with Gasteiger partial charge >= 0.3 is 0 Å². The van der Waals surface area contributed by atoms with Gasteiger partial charge in [-0.25, -0.2) is 0 Å². The van der Waals surface area contributed by atoms with Crippen molar-refractivity contribution in [3.63, 3.8) is 0 Å². The van der Waals surface area contributed by atoms with E-state index in [1.807, 2.05) is 19.4 Å². The number of aromatic nitrogens is 1. The van der Waals surface area contributed by atoms with Crippen molar-refractivity contribution in [1.82, 2.24) is 10.3 Å². The molecule has 1 atom stereocenters. The van der Waals surface area contributed by atoms with Gasteiger partial charge in [-0.2, -0.15) is 0 Å². The highest BCUT2D eigenvalue weighted by Gasteiger charge is 2.12. The normalized spacial score (nSPS) is 12.6. The minimum Gasteiger partial charge on any atom is -0.385 e. The SMILES string of the molecule is CCc1cnccc1C(CCCCOC)NC. The van der Waals surface area contributed by atoms with Crippen LogP contribution in [0, 0.1) is 0 Å². The van der Waals surface area contributed by atoms with Crippen molar-refractivity contribution in [2.24, 2.45) is 0 Å². The summed E-state index contributed by atoms with van der Waals surface area (Å²) in [7, 11) is 3.79. The second-order valence-electron chi connectivity index (χ2n) is 4.26. The molecule has 0 aliphatic heterocycles. The van der Waals surface area contributed by atoms with E-state index in [9.17, 15) is 0 Å². The van der Waals surface area contributed by atoms with E-state index in [0.29, 0.717) is 6.04 Å². The first kappa shape index (κ1) is 14.1. The minimum absolute atomic E-state index is 0.435. The molecule has 3 nitrogen and oxygen atoms in total. The summed E-state index contributed by atoms with van der Waals surface area (Å²) in [6.45, 7) is 3.03. The molecule has 0 spiro atoms. The highest BCUT2D eigenvalue weighted by Crippen LogP contribution is 2.22. The maximum Gasteiger partial charge on any atom is 0.0462 e. The van der Waals surface area contributed by atoms with E-state index in [2.05, 4.69) is 23.3 Å². The Morgan fingerprint density at radius 2 is 2.24 bits per heavy atom. The first-order valence-corrected chi connectivity index (χ1v) is 6.42. The van der Waals surface area contributed by atoms with Crippen molar-refractivity contribution in [2.45, 2.75) is 38.6 Å². The van der Waals surface area contributed by atoms with Crippen LogP contribution in [0.4, 0.5) is 0 Å². The lowest BCUT2D eigenvalue weighted by Crippen LogP contribution is -2.18. The smallest absolute Gasteiger partial charge is 0.0462 e. The van der Waals surface area contributed by atoms with E-state index in [0.717, 1.165) is 25.9 Å². The second-order valence-corrected chi connectivity index (χ2v) is 4.26. The van der Waals surface area contributed by atoms with E-state index in [4.69, 9.17) is 4.74 Å². The molecule has 1 heterocycles. The summed E-state index contributed by atoms with van der Waals surface area (Å²) >= 11 is 0. The highest BCUT2D eigenvalue weighted by atomic mass is 16.5. The maximum absolute atomic E-state index is 5.08. The third-order valence-electron chi connectivity index (χ3n) is 3.14. The molecule has 0 fully saturated rings. The van der Waals surface area contributed by atoms with Crippen molar-refractivity contribution in [3.05, 3.63) is 29.6 Å². The van der Waals surface area contributed by atoms with Crippen LogP contribution in [0.1, 0.15) is 43.4 Å². The number of methoxy groups -OCH3 is 1. The van der Waals surface area contributed by atoms with Crippen molar-refractivity contribution < 1.29 is 4.74 Å². The largest absolute Gasteiger partial charge is 0.385 e. The topological polar surface area (TPSA) is 34.1 Å². The molecule has 1 rings (SSSR count). The maximum atomic E-state index is 5.08. The zero-order valence-corrected chi connectivity index (χ0v) is 11.2. The number of ether oxygens (including phenoxy) is 1. The summed E-state index contributed by atoms with van der Waals surface area (Å²) in [6.07, 6.45) is 8.37. The van der Waals surface area contributed by atoms with Crippen LogP contribution in [0.2, 0.25) is 0 Å². The molecule has 1 N–H and O–H groups in total. The fraction of sp³-hybridized carbons (Fsp3) is 0.643. The van der Waals surface area contributed by atoms with Crippen LogP contribution in [-0.4, -0.2) is 25.7 Å². The fourth-order valence-electron chi connectivity index (χ4n) is 2.12. The number of nitrogens with one attached hydrogen (secondary N) is 1. The van der Waals surface area contributed by atoms with Gasteiger partial charge in [0.1, 0.15) is 0 Å². The predicted molar refractivity (Wildman–Crippen MR) is 71.1 cm³/mol. The van der Waals surface area contributed by atoms with Gasteiger partial charge < -0.3 is 10.1 Å². The molecule has 0 saturated heterocycles. The van der Waals surface area contributed by atoms with Gasteiger partial charge in [0.15, 0.2) is 0 Å². The van der Waals surface area contributed by atoms with Crippen molar-refractivity contribution >= 4 is 0 Å². The number of rotatable bonds is 8. The lowest BCUT2D eigenvalue weighted by atomic mass is 9.97. The first-order valence-electron chi connectivity index (χ1n) is 6.42. The predicted octanol–water partition coefficient (Wildman–Crippen LogP) is 2.72. The van der Waals surface area contributed by atoms with Crippen LogP contribution in [0.5, 0.6) is 0 Å². The zero-order chi connectivity index (χ0) is 12.5. The molecule has 0 saturated carbocycles. The zero-order valence-electron chi connectivity index (χ0n) is 11.2. The Labute approximate surface area is 105 Å². The Kier molecular flexibility index (Phi) is 6.82. The lowest BCUT2D eigenvalue weighted by Gasteiger charge is -2.19. The third kappa shape index (κ3) is 4.44. The van der Waals surface area contributed by atoms with Gasteiger partial charge in [-0.1, -0.05) is 6.92 Å². The summed E-state index contributed by atoms with van der Waals surface area (Å²) < 4.78 is 5.08. The van der Waals surface area contributed by atoms with E-state index in [1.54, 1.807) is 7.11 Å². The molecule has 0 bridgehead atoms. The van der Waals surface area contributed by atoms with Gasteiger partial charge in [0.05, 0.1) is 0 Å². The van der Waals surface area contributed by atoms with Gasteiger partial charge in [-0.05, 0) is 49.9 Å². The van der Waals surface area contributed by atoms with Crippen LogP contribution in [0.3, 0.4) is 0 Å². The molecule has 1 unspecified atom stereocenters. The Morgan fingerprint density at radius 1 is 1.41 bits per heavy atom. The summed E-state index contributed by atoms with van der Waals surface area (Å²) in [4.78, 5) is 4.19. The summed E-state index contributed by atoms with van der Waals surface area (Å²) in [5.74, 6) is 0. The van der Waals surface area contributed by atoms with Gasteiger partial charge in [0.25, 0.3) is 0 Å². The van der Waals surface area contributed by atoms with Crippen molar-refractivity contribution in [1.29, 1.82) is 0 Å². The second kappa shape index (κ2) is 8.20. The monoisotopic (exact) mass is 236 g/mol. The van der Waals surface area contributed by atoms with E-state index >= 15 is 0 Å². The number of unbranched alkanes of at least 4 members (excludes halogenated alkanes) is 1. The molecule has 0 aliphatic carbocycles. The van der Waals surface area contributed by atoms with Crippen LogP contribution in [-0.2, 0) is 11.2 Å². The number of pyridine rings is 1. The summed E-state index contributed by atoms with van der Waals surface area (Å²) in [6, 6.07) is 2.57. The molecule has 1 aromatic heterocycles. The number of hydrogen-bond acceptors (Lipinski definition) is 3. The number of nitrogens with zero attached hydrogens (tertiary/aromatic N) is 1. The molecule has 96 valence electrons. The molecule has 1 aromatic rings. The standard InChI is InChI=1S/C14H24N2O/c1-4-12-11-16-9-8-13(12)14(15-2)7-5-6-10-17-3/h8-9,11,14-15H,4-7,10H2,1-3H3. The van der Waals surface area contributed by atoms with Crippen molar-refractivity contribution in [2.75, 3.05) is 20.8 Å². The van der Waals surface area contributed by atoms with Crippen LogP contribution in [0.15, 0.2) is 18.5 Å². The Morgan fingerprint density at radius 3 is 2.88 bits per heavy atom. The average molecular weight is 236 g/mol.